The van der Waals surface area contributed by atoms with Gasteiger partial charge in [-0.25, -0.2) is 25.3 Å². The molecule has 2 atom stereocenters. The Hall–Kier alpha value is -4.53. The van der Waals surface area contributed by atoms with Crippen LogP contribution in [0.1, 0.15) is 81.9 Å². The van der Waals surface area contributed by atoms with Gasteiger partial charge in [-0.05, 0) is 122 Å². The molecule has 0 aromatic heterocycles. The van der Waals surface area contributed by atoms with E-state index in [-0.39, 0.29) is 25.7 Å². The van der Waals surface area contributed by atoms with Crippen molar-refractivity contribution in [1.29, 1.82) is 0 Å². The number of allylic oxidation sites excluding steroid dienone is 4. The second kappa shape index (κ2) is 20.1. The molecule has 6 rings (SSSR count). The van der Waals surface area contributed by atoms with E-state index in [0.717, 1.165) is 50.2 Å². The molecule has 15 nitrogen and oxygen atoms in total. The van der Waals surface area contributed by atoms with Crippen molar-refractivity contribution < 1.29 is 62.9 Å². The van der Waals surface area contributed by atoms with E-state index in [0.29, 0.717) is 69.2 Å². The van der Waals surface area contributed by atoms with Gasteiger partial charge in [-0.15, -0.1) is 0 Å². The molecule has 352 valence electrons. The van der Waals surface area contributed by atoms with E-state index in [2.05, 4.69) is 33.7 Å². The molecule has 0 fully saturated rings. The number of rotatable bonds is 23. The van der Waals surface area contributed by atoms with Crippen LogP contribution in [-0.4, -0.2) is 112 Å². The zero-order valence-electron chi connectivity index (χ0n) is 37.1. The Morgan fingerprint density at radius 1 is 0.754 bits per heavy atom. The monoisotopic (exact) mass is 952 g/mol. The molecule has 4 aromatic rings. The van der Waals surface area contributed by atoms with Gasteiger partial charge in [0, 0.05) is 79.6 Å². The molecule has 2 unspecified atom stereocenters. The van der Waals surface area contributed by atoms with Gasteiger partial charge in [0.15, 0.2) is 5.71 Å². The van der Waals surface area contributed by atoms with Gasteiger partial charge in [-0.2, -0.15) is 4.58 Å². The van der Waals surface area contributed by atoms with Crippen LogP contribution in [0.5, 0.6) is 0 Å². The fraction of sp³-hybridized carbons (Fsp3) is 0.447. The quantitative estimate of drug-likeness (QED) is 0.0469. The van der Waals surface area contributed by atoms with E-state index in [1.54, 1.807) is 26.4 Å². The highest BCUT2D eigenvalue weighted by molar-refractivity contribution is 7.86. The summed E-state index contributed by atoms with van der Waals surface area (Å²) in [6, 6.07) is 18.0. The Bertz CT molecular complexity index is 2890. The first kappa shape index (κ1) is 49.9. The molecule has 0 bridgehead atoms. The summed E-state index contributed by atoms with van der Waals surface area (Å²) in [6.45, 7) is 5.76. The number of nitrogens with zero attached hydrogens (tertiary/aromatic N) is 2. The third-order valence-electron chi connectivity index (χ3n) is 12.8. The van der Waals surface area contributed by atoms with Gasteiger partial charge in [-0.1, -0.05) is 36.4 Å². The second-order valence-electron chi connectivity index (χ2n) is 17.2. The number of aliphatic carboxylic acids is 1. The van der Waals surface area contributed by atoms with Crippen LogP contribution in [0.25, 0.3) is 21.5 Å². The molecule has 0 aliphatic carbocycles. The maximum atomic E-state index is 12.1. The van der Waals surface area contributed by atoms with Gasteiger partial charge in [-0.3, -0.25) is 4.79 Å². The molecular weight excluding hydrogens is 897 g/mol. The third kappa shape index (κ3) is 11.4. The van der Waals surface area contributed by atoms with E-state index in [4.69, 9.17) is 9.47 Å². The molecule has 18 heteroatoms. The van der Waals surface area contributed by atoms with Crippen molar-refractivity contribution in [2.75, 3.05) is 56.9 Å². The number of unbranched alkanes of at least 4 members (excludes halogenated alkanes) is 2. The normalized spacial score (nSPS) is 19.6. The Labute approximate surface area is 381 Å². The van der Waals surface area contributed by atoms with Crippen molar-refractivity contribution >= 4 is 75.0 Å². The zero-order valence-corrected chi connectivity index (χ0v) is 39.5. The number of fused-ring (bicyclic) bond motifs is 6. The van der Waals surface area contributed by atoms with Crippen LogP contribution in [0, 0.1) is 0 Å². The van der Waals surface area contributed by atoms with Crippen LogP contribution in [0.3, 0.4) is 0 Å². The van der Waals surface area contributed by atoms with Crippen LogP contribution < -0.4 is 4.90 Å². The minimum atomic E-state index is -4.79. The molecule has 0 radical (unpaired) electrons. The molecule has 2 aliphatic heterocycles. The molecule has 0 saturated carbocycles. The number of carboxylic acids is 1. The largest absolute Gasteiger partial charge is 0.748 e. The summed E-state index contributed by atoms with van der Waals surface area (Å²) in [5, 5.41) is 12.4. The molecule has 2 heterocycles. The first-order valence-electron chi connectivity index (χ1n) is 21.6. The molecule has 0 saturated heterocycles. The van der Waals surface area contributed by atoms with Gasteiger partial charge >= 0.3 is 5.97 Å². The molecule has 65 heavy (non-hydrogen) atoms. The number of carboxylic acid groups (broad SMARTS) is 1. The molecule has 4 aromatic carbocycles. The van der Waals surface area contributed by atoms with Crippen LogP contribution in [0.4, 0.5) is 11.4 Å². The summed E-state index contributed by atoms with van der Waals surface area (Å²) in [7, 11) is -10.7. The minimum Gasteiger partial charge on any atom is -0.748 e. The summed E-state index contributed by atoms with van der Waals surface area (Å²) < 4.78 is 121. The average molecular weight is 953 g/mol. The Morgan fingerprint density at radius 2 is 1.38 bits per heavy atom. The lowest BCUT2D eigenvalue weighted by Gasteiger charge is -2.31. The predicted molar refractivity (Wildman–Crippen MR) is 246 cm³/mol. The van der Waals surface area contributed by atoms with Crippen molar-refractivity contribution in [1.82, 2.24) is 0 Å². The SMILES string of the molecule is COCCc1ccc2c3c(ccc2c1)N(CCOC)/C(=C/C=C/C1=[N+](CCCCCC(=O)O)c2ccc4cc(S(=O)(=O)[O-])ccc4c2C1(C)CCCS(=O)(=O)[O-])C3(C)CCCS(=O)(=O)[O-]. The van der Waals surface area contributed by atoms with Crippen LogP contribution in [0.2, 0.25) is 0 Å². The van der Waals surface area contributed by atoms with E-state index in [9.17, 15) is 48.8 Å². The highest BCUT2D eigenvalue weighted by atomic mass is 32.2. The smallest absolute Gasteiger partial charge is 0.303 e. The predicted octanol–water partition coefficient (Wildman–Crippen LogP) is 6.60. The van der Waals surface area contributed by atoms with Crippen molar-refractivity contribution in [2.45, 2.75) is 87.4 Å². The lowest BCUT2D eigenvalue weighted by Crippen LogP contribution is -2.32. The summed E-state index contributed by atoms with van der Waals surface area (Å²) in [5.74, 6) is -2.07. The molecule has 2 aliphatic rings. The van der Waals surface area contributed by atoms with E-state index in [1.807, 2.05) is 44.2 Å². The van der Waals surface area contributed by atoms with Crippen molar-refractivity contribution in [3.05, 3.63) is 101 Å². The van der Waals surface area contributed by atoms with Gasteiger partial charge < -0.3 is 33.1 Å². The van der Waals surface area contributed by atoms with Crippen molar-refractivity contribution in [3.8, 4) is 0 Å². The lowest BCUT2D eigenvalue weighted by molar-refractivity contribution is -0.438. The highest BCUT2D eigenvalue weighted by Crippen LogP contribution is 2.54. The fourth-order valence-corrected chi connectivity index (χ4v) is 11.3. The molecule has 1 N–H and O–H groups in total. The Kier molecular flexibility index (Phi) is 15.5. The number of benzene rings is 4. The second-order valence-corrected chi connectivity index (χ2v) is 21.7. The number of anilines is 1. The average Bonchev–Trinajstić information content (AvgIpc) is 3.60. The highest BCUT2D eigenvalue weighted by Gasteiger charge is 2.49. The van der Waals surface area contributed by atoms with Gasteiger partial charge in [0.1, 0.15) is 16.7 Å². The Morgan fingerprint density at radius 3 is 2.03 bits per heavy atom. The molecular formula is C47H56N2O13S3-2. The summed E-state index contributed by atoms with van der Waals surface area (Å²) >= 11 is 0. The van der Waals surface area contributed by atoms with Crippen LogP contribution in [0.15, 0.2) is 89.5 Å². The van der Waals surface area contributed by atoms with E-state index in [1.165, 1.54) is 12.1 Å². The fourth-order valence-electron chi connectivity index (χ4n) is 9.79. The number of carbonyl (C=O) groups is 1. The summed E-state index contributed by atoms with van der Waals surface area (Å²) in [5.41, 5.74) is 4.27. The first-order valence-corrected chi connectivity index (χ1v) is 26.1. The molecule has 0 amide bonds. The van der Waals surface area contributed by atoms with Gasteiger partial charge in [0.05, 0.1) is 43.8 Å². The van der Waals surface area contributed by atoms with Crippen LogP contribution >= 0.6 is 0 Å². The van der Waals surface area contributed by atoms with E-state index >= 15 is 0 Å². The maximum Gasteiger partial charge on any atom is 0.303 e. The van der Waals surface area contributed by atoms with Crippen molar-refractivity contribution in [2.24, 2.45) is 0 Å². The standard InChI is InChI=1S/C47H58N2O13S3/c1-46(23-9-29-63(52,53)54)41(48(25-7-5-6-13-43(50)51)39-21-16-35-32-36(65(58,59)60)17-19-38(35)45(39)46)11-8-12-42-47(2,24-10-30-64(55,56)57)44-37-18-14-33(22-27-61-3)31-34(37)15-20-40(44)49(42)26-28-62-4/h8,11-12,14-21,31-32H,5-7,9-10,13,22-30H2,1-4H3,(H3-,50,51,52,53,54,55,56,57,58,59,60)/p-2. The maximum absolute atomic E-state index is 12.1. The lowest BCUT2D eigenvalue weighted by atomic mass is 9.74. The zero-order chi connectivity index (χ0) is 47.4. The summed E-state index contributed by atoms with van der Waals surface area (Å²) in [4.78, 5) is 13.1. The summed E-state index contributed by atoms with van der Waals surface area (Å²) in [6.07, 6.45) is 8.72. The number of hydrogen-bond acceptors (Lipinski definition) is 13. The topological polar surface area (TPSA) is 234 Å². The number of methoxy groups -OCH3 is 2. The number of ether oxygens (including phenoxy) is 2. The minimum absolute atomic E-state index is 0.00286. The van der Waals surface area contributed by atoms with Crippen molar-refractivity contribution in [3.63, 3.8) is 0 Å². The first-order chi connectivity index (χ1) is 30.6. The molecule has 0 spiro atoms. The van der Waals surface area contributed by atoms with Gasteiger partial charge in [0.25, 0.3) is 0 Å². The third-order valence-corrected chi connectivity index (χ3v) is 15.2. The van der Waals surface area contributed by atoms with Crippen LogP contribution in [-0.2, 0) is 61.9 Å². The van der Waals surface area contributed by atoms with Gasteiger partial charge in [0.2, 0.25) is 5.69 Å². The Balaban J connectivity index is 1.54. The van der Waals surface area contributed by atoms with E-state index < -0.39 is 63.6 Å². The number of hydrogen-bond donors (Lipinski definition) is 1.